The van der Waals surface area contributed by atoms with Crippen LogP contribution >= 0.6 is 39.1 Å². The number of carbonyl (C=O) groups is 2. The minimum Gasteiger partial charge on any atom is -0.508 e. The molecule has 4 atom stereocenters. The number of phenolic OH excluding ortho intramolecular Hbond substituents is 1. The van der Waals surface area contributed by atoms with E-state index in [0.717, 1.165) is 9.47 Å². The molecule has 14 heteroatoms. The Morgan fingerprint density at radius 3 is 2.25 bits per heavy atom. The molecule has 2 aliphatic heterocycles. The van der Waals surface area contributed by atoms with Crippen molar-refractivity contribution in [1.82, 2.24) is 18.8 Å². The molecule has 192 valence electrons. The van der Waals surface area contributed by atoms with E-state index in [4.69, 9.17) is 32.7 Å². The molecular weight excluding hydrogens is 583 g/mol. The molecule has 1 aromatic carbocycles. The maximum atomic E-state index is 13.8. The van der Waals surface area contributed by atoms with Crippen molar-refractivity contribution in [3.63, 3.8) is 0 Å². The smallest absolute Gasteiger partial charge is 0.347 e. The summed E-state index contributed by atoms with van der Waals surface area (Å²) in [5.74, 6) is -2.48. The van der Waals surface area contributed by atoms with Gasteiger partial charge in [0.2, 0.25) is 0 Å². The van der Waals surface area contributed by atoms with E-state index in [9.17, 15) is 24.3 Å². The standard InChI is InChI=1S/C22H21BrCl2N4O7/c1-26-19(33)28-5-4-11-12(29(28)20(26)34)8-21(24)17(31)27(9-23)18(32)22(21,25)16(11)15-13(35-2)6-10(30)7-14(15)36-3/h4,6-7,12,16,30H,5,8-9H2,1-3H3/t12-,16-,21-,22+/m1/s1. The SMILES string of the molecule is COc1cc(O)cc(OC)c1[C@H]1C2=CCn3c(=O)n(C)c(=O)n3[C@@H]2C[C@@]2(Cl)C(=O)N(CBr)C(=O)[C@@]12Cl. The van der Waals surface area contributed by atoms with Gasteiger partial charge in [-0.05, 0) is 5.57 Å². The summed E-state index contributed by atoms with van der Waals surface area (Å²) >= 11 is 17.4. The van der Waals surface area contributed by atoms with Crippen molar-refractivity contribution in [2.24, 2.45) is 7.05 Å². The predicted molar refractivity (Wildman–Crippen MR) is 132 cm³/mol. The number of benzene rings is 1. The zero-order valence-electron chi connectivity index (χ0n) is 19.3. The molecule has 36 heavy (non-hydrogen) atoms. The number of nitrogens with zero attached hydrogens (tertiary/aromatic N) is 4. The highest BCUT2D eigenvalue weighted by atomic mass is 79.9. The van der Waals surface area contributed by atoms with E-state index in [2.05, 4.69) is 15.9 Å². The van der Waals surface area contributed by atoms with E-state index in [-0.39, 0.29) is 41.2 Å². The van der Waals surface area contributed by atoms with E-state index in [0.29, 0.717) is 5.57 Å². The van der Waals surface area contributed by atoms with Crippen molar-refractivity contribution in [2.45, 2.75) is 34.7 Å². The van der Waals surface area contributed by atoms with Crippen LogP contribution < -0.4 is 20.9 Å². The molecule has 3 aliphatic rings. The number of phenols is 1. The Labute approximate surface area is 222 Å². The maximum absolute atomic E-state index is 13.8. The van der Waals surface area contributed by atoms with Gasteiger partial charge < -0.3 is 14.6 Å². The molecule has 1 saturated carbocycles. The van der Waals surface area contributed by atoms with Crippen molar-refractivity contribution in [1.29, 1.82) is 0 Å². The molecule has 0 spiro atoms. The number of likely N-dealkylation sites (tertiary alicyclic amines) is 1. The van der Waals surface area contributed by atoms with Crippen molar-refractivity contribution < 1.29 is 24.2 Å². The number of carbonyl (C=O) groups excluding carboxylic acids is 2. The summed E-state index contributed by atoms with van der Waals surface area (Å²) < 4.78 is 14.6. The average Bonchev–Trinajstić information content (AvgIpc) is 3.16. The molecule has 0 unspecified atom stereocenters. The first kappa shape index (κ1) is 25.0. The van der Waals surface area contributed by atoms with Gasteiger partial charge in [-0.3, -0.25) is 14.5 Å². The number of amides is 2. The number of aromatic nitrogens is 3. The van der Waals surface area contributed by atoms with Crippen LogP contribution in [0.25, 0.3) is 0 Å². The second-order valence-corrected chi connectivity index (χ2v) is 10.6. The lowest BCUT2D eigenvalue weighted by Crippen LogP contribution is -2.59. The zero-order chi connectivity index (χ0) is 26.3. The minimum absolute atomic E-state index is 0.0203. The molecule has 2 aromatic rings. The van der Waals surface area contributed by atoms with Gasteiger partial charge in [-0.15, -0.1) is 23.2 Å². The number of halogens is 3. The van der Waals surface area contributed by atoms with E-state index in [1.165, 1.54) is 42.8 Å². The van der Waals surface area contributed by atoms with Crippen LogP contribution in [0, 0.1) is 0 Å². The fourth-order valence-corrected chi connectivity index (χ4v) is 7.04. The van der Waals surface area contributed by atoms with Crippen molar-refractivity contribution in [2.75, 3.05) is 19.7 Å². The lowest BCUT2D eigenvalue weighted by atomic mass is 9.64. The highest BCUT2D eigenvalue weighted by molar-refractivity contribution is 9.09. The average molecular weight is 604 g/mol. The number of rotatable bonds is 4. The van der Waals surface area contributed by atoms with Crippen molar-refractivity contribution >= 4 is 50.9 Å². The number of imide groups is 1. The molecular formula is C22H21BrCl2N4O7. The Hall–Kier alpha value is -2.70. The lowest BCUT2D eigenvalue weighted by molar-refractivity contribution is -0.138. The zero-order valence-corrected chi connectivity index (χ0v) is 22.4. The molecule has 11 nitrogen and oxygen atoms in total. The molecule has 5 rings (SSSR count). The third kappa shape index (κ3) is 2.86. The summed E-state index contributed by atoms with van der Waals surface area (Å²) in [4.78, 5) is 50.0. The summed E-state index contributed by atoms with van der Waals surface area (Å²) in [6, 6.07) is 1.77. The van der Waals surface area contributed by atoms with Crippen LogP contribution in [0.2, 0.25) is 0 Å². The quantitative estimate of drug-likeness (QED) is 0.242. The Morgan fingerprint density at radius 1 is 1.08 bits per heavy atom. The predicted octanol–water partition coefficient (Wildman–Crippen LogP) is 1.42. The van der Waals surface area contributed by atoms with Crippen LogP contribution in [-0.4, -0.2) is 65.2 Å². The second-order valence-electron chi connectivity index (χ2n) is 8.84. The highest BCUT2D eigenvalue weighted by Gasteiger charge is 2.75. The van der Waals surface area contributed by atoms with E-state index in [1.54, 1.807) is 6.08 Å². The van der Waals surface area contributed by atoms with Gasteiger partial charge in [0, 0.05) is 37.1 Å². The number of alkyl halides is 3. The van der Waals surface area contributed by atoms with Gasteiger partial charge >= 0.3 is 11.4 Å². The number of fused-ring (bicyclic) bond motifs is 4. The minimum atomic E-state index is -2.04. The van der Waals surface area contributed by atoms with Crippen LogP contribution in [0.15, 0.2) is 33.4 Å². The van der Waals surface area contributed by atoms with Gasteiger partial charge in [-0.25, -0.2) is 23.5 Å². The molecule has 0 bridgehead atoms. The van der Waals surface area contributed by atoms with E-state index in [1.807, 2.05) is 0 Å². The molecule has 1 aromatic heterocycles. The number of allylic oxidation sites excluding steroid dienone is 2. The van der Waals surface area contributed by atoms with Crippen molar-refractivity contribution in [3.8, 4) is 17.2 Å². The maximum Gasteiger partial charge on any atom is 0.347 e. The number of hydrogen-bond donors (Lipinski definition) is 1. The van der Waals surface area contributed by atoms with Gasteiger partial charge in [-0.1, -0.05) is 22.0 Å². The van der Waals surface area contributed by atoms with Crippen LogP contribution in [0.5, 0.6) is 17.2 Å². The number of methoxy groups -OCH3 is 2. The van der Waals surface area contributed by atoms with Gasteiger partial charge in [0.15, 0.2) is 9.75 Å². The van der Waals surface area contributed by atoms with Gasteiger partial charge in [0.25, 0.3) is 11.8 Å². The van der Waals surface area contributed by atoms with Crippen LogP contribution in [0.4, 0.5) is 0 Å². The summed E-state index contributed by atoms with van der Waals surface area (Å²) in [5, 5.41) is 10.2. The fourth-order valence-electron chi connectivity index (χ4n) is 5.65. The lowest BCUT2D eigenvalue weighted by Gasteiger charge is -2.49. The molecule has 1 saturated heterocycles. The van der Waals surface area contributed by atoms with Crippen LogP contribution in [0.3, 0.4) is 0 Å². The first-order chi connectivity index (χ1) is 17.0. The summed E-state index contributed by atoms with van der Waals surface area (Å²) in [6.45, 7) is 0.0203. The second kappa shape index (κ2) is 8.15. The first-order valence-corrected chi connectivity index (χ1v) is 12.7. The van der Waals surface area contributed by atoms with Crippen LogP contribution in [0.1, 0.15) is 23.9 Å². The molecule has 1 aliphatic carbocycles. The monoisotopic (exact) mass is 602 g/mol. The Kier molecular flexibility index (Phi) is 5.66. The van der Waals surface area contributed by atoms with E-state index < -0.39 is 44.9 Å². The van der Waals surface area contributed by atoms with Gasteiger partial charge in [-0.2, -0.15) is 0 Å². The number of hydrogen-bond acceptors (Lipinski definition) is 7. The number of aromatic hydroxyl groups is 1. The Bertz CT molecular complexity index is 1450. The molecule has 1 N–H and O–H groups in total. The largest absolute Gasteiger partial charge is 0.508 e. The Morgan fingerprint density at radius 2 is 1.69 bits per heavy atom. The fraction of sp³-hybridized carbons (Fsp3) is 0.455. The highest BCUT2D eigenvalue weighted by Crippen LogP contribution is 2.65. The Balaban J connectivity index is 1.88. The van der Waals surface area contributed by atoms with Crippen molar-refractivity contribution in [3.05, 3.63) is 50.3 Å². The first-order valence-electron chi connectivity index (χ1n) is 10.8. The number of ether oxygens (including phenoxy) is 2. The van der Waals surface area contributed by atoms with Crippen LogP contribution in [-0.2, 0) is 23.2 Å². The molecule has 3 heterocycles. The third-order valence-electron chi connectivity index (χ3n) is 7.29. The molecule has 0 radical (unpaired) electrons. The van der Waals surface area contributed by atoms with E-state index >= 15 is 0 Å². The summed E-state index contributed by atoms with van der Waals surface area (Å²) in [5.41, 5.74) is -0.520. The molecule has 2 amide bonds. The van der Waals surface area contributed by atoms with Gasteiger partial charge in [0.05, 0.1) is 32.3 Å². The van der Waals surface area contributed by atoms with Gasteiger partial charge in [0.1, 0.15) is 17.2 Å². The third-order valence-corrected chi connectivity index (χ3v) is 9.21. The summed E-state index contributed by atoms with van der Waals surface area (Å²) in [6.07, 6.45) is 1.48. The normalized spacial score (nSPS) is 28.9. The molecule has 2 fully saturated rings. The topological polar surface area (TPSA) is 125 Å². The summed E-state index contributed by atoms with van der Waals surface area (Å²) in [7, 11) is 4.09.